The van der Waals surface area contributed by atoms with E-state index in [0.717, 1.165) is 23.1 Å². The molecule has 0 radical (unpaired) electrons. The van der Waals surface area contributed by atoms with E-state index in [2.05, 4.69) is 5.32 Å². The predicted octanol–water partition coefficient (Wildman–Crippen LogP) is 3.85. The maximum atomic E-state index is 13.1. The fourth-order valence-electron chi connectivity index (χ4n) is 3.63. The smallest absolute Gasteiger partial charge is 0.348 e. The van der Waals surface area contributed by atoms with Gasteiger partial charge in [0.2, 0.25) is 15.9 Å². The van der Waals surface area contributed by atoms with Crippen molar-refractivity contribution < 1.29 is 27.5 Å². The minimum absolute atomic E-state index is 0.0377. The monoisotopic (exact) mass is 523 g/mol. The average molecular weight is 524 g/mol. The molecule has 0 saturated carbocycles. The first-order valence-corrected chi connectivity index (χ1v) is 13.6. The summed E-state index contributed by atoms with van der Waals surface area (Å²) < 4.78 is 37.7. The molecule has 0 spiro atoms. The molecule has 0 aliphatic carbocycles. The summed E-state index contributed by atoms with van der Waals surface area (Å²) in [5, 5.41) is 14.3. The van der Waals surface area contributed by atoms with E-state index in [4.69, 9.17) is 9.47 Å². The van der Waals surface area contributed by atoms with Crippen molar-refractivity contribution in [3.8, 4) is 11.2 Å². The number of esters is 1. The van der Waals surface area contributed by atoms with Gasteiger partial charge in [0, 0.05) is 13.1 Å². The van der Waals surface area contributed by atoms with E-state index in [1.165, 1.54) is 23.5 Å². The molecule has 12 heteroatoms. The van der Waals surface area contributed by atoms with Crippen LogP contribution in [0.2, 0.25) is 0 Å². The van der Waals surface area contributed by atoms with E-state index in [0.29, 0.717) is 45.5 Å². The summed E-state index contributed by atoms with van der Waals surface area (Å²) in [6.07, 6.45) is 1.06. The third kappa shape index (κ3) is 5.55. The number of carbonyl (C=O) groups excluding carboxylic acids is 2. The van der Waals surface area contributed by atoms with Gasteiger partial charge in [-0.15, -0.1) is 11.3 Å². The Bertz CT molecular complexity index is 1200. The first-order valence-electron chi connectivity index (χ1n) is 10.5. The quantitative estimate of drug-likeness (QED) is 0.314. The Morgan fingerprint density at radius 3 is 2.65 bits per heavy atom. The summed E-state index contributed by atoms with van der Waals surface area (Å²) in [4.78, 5) is 26.3. The molecule has 34 heavy (non-hydrogen) atoms. The number of hydrogen-bond acceptors (Lipinski definition) is 9. The first-order chi connectivity index (χ1) is 16.2. The molecule has 1 amide bonds. The number of piperidine rings is 1. The van der Waals surface area contributed by atoms with E-state index < -0.39 is 21.9 Å². The standard InChI is InChI=1S/C22H25N3O6S3/c1-4-31-22(27)19-14(2)18(32-13-23)21(33-19)24-20(26)15-6-5-11-25(12-15)34(28,29)17-9-7-16(30-3)8-10-17/h7-10,15H,4-6,11-12H2,1-3H3,(H,24,26). The fraction of sp³-hybridized carbons (Fsp3) is 0.409. The molecule has 182 valence electrons. The number of nitriles is 1. The van der Waals surface area contributed by atoms with Gasteiger partial charge in [-0.2, -0.15) is 9.57 Å². The highest BCUT2D eigenvalue weighted by Crippen LogP contribution is 2.40. The Morgan fingerprint density at radius 2 is 2.03 bits per heavy atom. The van der Waals surface area contributed by atoms with Gasteiger partial charge in [0.05, 0.1) is 29.4 Å². The van der Waals surface area contributed by atoms with Crippen molar-refractivity contribution in [1.29, 1.82) is 5.26 Å². The highest BCUT2D eigenvalue weighted by Gasteiger charge is 2.34. The number of carbonyl (C=O) groups is 2. The number of nitrogens with zero attached hydrogens (tertiary/aromatic N) is 2. The predicted molar refractivity (Wildman–Crippen MR) is 130 cm³/mol. The lowest BCUT2D eigenvalue weighted by Gasteiger charge is -2.31. The van der Waals surface area contributed by atoms with Crippen molar-refractivity contribution >= 4 is 50.0 Å². The fourth-order valence-corrected chi connectivity index (χ4v) is 6.95. The van der Waals surface area contributed by atoms with Gasteiger partial charge in [-0.1, -0.05) is 0 Å². The lowest BCUT2D eigenvalue weighted by Crippen LogP contribution is -2.43. The normalized spacial score (nSPS) is 16.5. The molecule has 1 atom stereocenters. The molecule has 1 aromatic heterocycles. The zero-order valence-electron chi connectivity index (χ0n) is 19.0. The molecular formula is C22H25N3O6S3. The van der Waals surface area contributed by atoms with Gasteiger partial charge < -0.3 is 14.8 Å². The summed E-state index contributed by atoms with van der Waals surface area (Å²) in [6, 6.07) is 6.12. The van der Waals surface area contributed by atoms with Gasteiger partial charge in [-0.05, 0) is 68.3 Å². The van der Waals surface area contributed by atoms with Crippen LogP contribution in [0.25, 0.3) is 0 Å². The molecule has 1 saturated heterocycles. The molecule has 2 heterocycles. The Kier molecular flexibility index (Phi) is 8.59. The molecule has 1 aliphatic heterocycles. The second-order valence-corrected chi connectivity index (χ2v) is 11.2. The van der Waals surface area contributed by atoms with Crippen LogP contribution < -0.4 is 10.1 Å². The number of rotatable bonds is 8. The van der Waals surface area contributed by atoms with E-state index >= 15 is 0 Å². The maximum absolute atomic E-state index is 13.1. The lowest BCUT2D eigenvalue weighted by atomic mass is 9.99. The summed E-state index contributed by atoms with van der Waals surface area (Å²) in [5.74, 6) is -0.893. The Hall–Kier alpha value is -2.59. The van der Waals surface area contributed by atoms with E-state index in [1.54, 1.807) is 26.0 Å². The van der Waals surface area contributed by atoms with E-state index in [1.807, 2.05) is 5.40 Å². The number of thiocyanates is 1. The highest BCUT2D eigenvalue weighted by atomic mass is 32.2. The molecule has 3 rings (SSSR count). The number of nitrogens with one attached hydrogen (secondary N) is 1. The maximum Gasteiger partial charge on any atom is 0.348 e. The number of sulfonamides is 1. The van der Waals surface area contributed by atoms with Crippen LogP contribution in [-0.2, 0) is 19.6 Å². The SMILES string of the molecule is CCOC(=O)c1sc(NC(=O)C2CCCN(S(=O)(=O)c3ccc(OC)cc3)C2)c(SC#N)c1C. The average Bonchev–Trinajstić information content (AvgIpc) is 3.14. The van der Waals surface area contributed by atoms with Crippen LogP contribution in [-0.4, -0.2) is 51.4 Å². The second kappa shape index (κ2) is 11.2. The van der Waals surface area contributed by atoms with Crippen LogP contribution in [0.4, 0.5) is 5.00 Å². The number of thioether (sulfide) groups is 1. The first kappa shape index (κ1) is 26.0. The van der Waals surface area contributed by atoms with Crippen molar-refractivity contribution in [1.82, 2.24) is 4.31 Å². The van der Waals surface area contributed by atoms with Crippen LogP contribution >= 0.6 is 23.1 Å². The van der Waals surface area contributed by atoms with Crippen molar-refractivity contribution in [3.05, 3.63) is 34.7 Å². The second-order valence-electron chi connectivity index (χ2n) is 7.50. The summed E-state index contributed by atoms with van der Waals surface area (Å²) in [6.45, 7) is 3.96. The molecular weight excluding hydrogens is 498 g/mol. The molecule has 9 nitrogen and oxygen atoms in total. The number of benzene rings is 1. The van der Waals surface area contributed by atoms with Gasteiger partial charge in [0.1, 0.15) is 21.0 Å². The molecule has 1 unspecified atom stereocenters. The van der Waals surface area contributed by atoms with Crippen molar-refractivity contribution in [2.75, 3.05) is 32.1 Å². The number of amides is 1. The Labute approximate surface area is 207 Å². The van der Waals surface area contributed by atoms with Crippen molar-refractivity contribution in [2.24, 2.45) is 5.92 Å². The minimum atomic E-state index is -3.77. The Morgan fingerprint density at radius 1 is 1.32 bits per heavy atom. The van der Waals surface area contributed by atoms with Gasteiger partial charge in [0.25, 0.3) is 0 Å². The summed E-state index contributed by atoms with van der Waals surface area (Å²) in [5.41, 5.74) is 0.567. The van der Waals surface area contributed by atoms with Gasteiger partial charge in [0.15, 0.2) is 0 Å². The highest BCUT2D eigenvalue weighted by molar-refractivity contribution is 8.04. The zero-order valence-corrected chi connectivity index (χ0v) is 21.4. The van der Waals surface area contributed by atoms with Crippen LogP contribution in [0.3, 0.4) is 0 Å². The molecule has 0 bridgehead atoms. The topological polar surface area (TPSA) is 126 Å². The van der Waals surface area contributed by atoms with Gasteiger partial charge >= 0.3 is 5.97 Å². The number of methoxy groups -OCH3 is 1. The third-order valence-corrected chi connectivity index (χ3v) is 9.39. The zero-order chi connectivity index (χ0) is 24.9. The van der Waals surface area contributed by atoms with E-state index in [9.17, 15) is 23.3 Å². The number of thiophene rings is 1. The summed E-state index contributed by atoms with van der Waals surface area (Å²) >= 11 is 1.91. The van der Waals surface area contributed by atoms with Crippen LogP contribution in [0.5, 0.6) is 5.75 Å². The molecule has 2 aromatic rings. The largest absolute Gasteiger partial charge is 0.497 e. The molecule has 1 aromatic carbocycles. The Balaban J connectivity index is 1.78. The molecule has 1 aliphatic rings. The van der Waals surface area contributed by atoms with Crippen LogP contribution in [0, 0.1) is 23.5 Å². The molecule has 1 N–H and O–H groups in total. The van der Waals surface area contributed by atoms with Gasteiger partial charge in [-0.3, -0.25) is 4.79 Å². The van der Waals surface area contributed by atoms with Crippen LogP contribution in [0.15, 0.2) is 34.1 Å². The molecule has 1 fully saturated rings. The van der Waals surface area contributed by atoms with Crippen molar-refractivity contribution in [3.63, 3.8) is 0 Å². The van der Waals surface area contributed by atoms with Gasteiger partial charge in [-0.25, -0.2) is 13.2 Å². The number of ether oxygens (including phenoxy) is 2. The minimum Gasteiger partial charge on any atom is -0.497 e. The number of hydrogen-bond donors (Lipinski definition) is 1. The lowest BCUT2D eigenvalue weighted by molar-refractivity contribution is -0.120. The van der Waals surface area contributed by atoms with Crippen LogP contribution in [0.1, 0.15) is 35.0 Å². The summed E-state index contributed by atoms with van der Waals surface area (Å²) in [7, 11) is -2.27. The third-order valence-electron chi connectivity index (χ3n) is 5.39. The van der Waals surface area contributed by atoms with E-state index in [-0.39, 0.29) is 24.0 Å². The number of anilines is 1. The van der Waals surface area contributed by atoms with Crippen molar-refractivity contribution in [2.45, 2.75) is 36.5 Å².